The molecular formula is C31H37F4N7O5S. The molecular weight excluding hydrogens is 658 g/mol. The fourth-order valence-electron chi connectivity index (χ4n) is 5.74. The van der Waals surface area contributed by atoms with E-state index in [2.05, 4.69) is 30.4 Å². The van der Waals surface area contributed by atoms with E-state index in [-0.39, 0.29) is 29.4 Å². The monoisotopic (exact) mass is 695 g/mol. The summed E-state index contributed by atoms with van der Waals surface area (Å²) in [5.41, 5.74) is -0.313. The van der Waals surface area contributed by atoms with E-state index in [0.29, 0.717) is 30.4 Å². The second-order valence-electron chi connectivity index (χ2n) is 11.8. The predicted octanol–water partition coefficient (Wildman–Crippen LogP) is 3.30. The molecule has 1 saturated heterocycles. The van der Waals surface area contributed by atoms with Crippen LogP contribution in [0.1, 0.15) is 33.1 Å². The highest BCUT2D eigenvalue weighted by Crippen LogP contribution is 2.42. The van der Waals surface area contributed by atoms with Crippen molar-refractivity contribution in [2.24, 2.45) is 0 Å². The second kappa shape index (κ2) is 14.2. The van der Waals surface area contributed by atoms with E-state index in [9.17, 15) is 26.4 Å². The van der Waals surface area contributed by atoms with E-state index in [1.165, 1.54) is 20.2 Å². The fraction of sp³-hybridized carbons (Fsp3) is 0.452. The van der Waals surface area contributed by atoms with Crippen LogP contribution in [-0.2, 0) is 22.6 Å². The Morgan fingerprint density at radius 1 is 1.15 bits per heavy atom. The lowest BCUT2D eigenvalue weighted by molar-refractivity contribution is -0.140. The minimum atomic E-state index is -4.92. The van der Waals surface area contributed by atoms with E-state index < -0.39 is 51.5 Å². The van der Waals surface area contributed by atoms with Crippen molar-refractivity contribution in [1.82, 2.24) is 29.4 Å². The Balaban J connectivity index is 1.37. The van der Waals surface area contributed by atoms with Crippen molar-refractivity contribution < 1.29 is 40.2 Å². The molecule has 1 aliphatic heterocycles. The lowest BCUT2D eigenvalue weighted by Gasteiger charge is -2.32. The van der Waals surface area contributed by atoms with Crippen LogP contribution in [0.2, 0.25) is 0 Å². The molecule has 17 heteroatoms. The molecule has 0 unspecified atom stereocenters. The molecule has 0 spiro atoms. The molecule has 0 bridgehead atoms. The van der Waals surface area contributed by atoms with E-state index in [1.54, 1.807) is 24.3 Å². The van der Waals surface area contributed by atoms with Gasteiger partial charge in [0.25, 0.3) is 5.91 Å². The molecule has 1 amide bonds. The van der Waals surface area contributed by atoms with Crippen molar-refractivity contribution in [1.29, 1.82) is 0 Å². The van der Waals surface area contributed by atoms with Crippen LogP contribution in [0.5, 0.6) is 11.6 Å². The van der Waals surface area contributed by atoms with Crippen molar-refractivity contribution in [3.05, 3.63) is 70.7 Å². The first-order chi connectivity index (χ1) is 22.7. The quantitative estimate of drug-likeness (QED) is 0.289. The first-order valence-corrected chi connectivity index (χ1v) is 17.0. The number of piperazine rings is 1. The first kappa shape index (κ1) is 35.3. The Kier molecular flexibility index (Phi) is 10.4. The Labute approximate surface area is 276 Å². The summed E-state index contributed by atoms with van der Waals surface area (Å²) < 4.78 is 94.7. The molecule has 1 aliphatic carbocycles. The number of anilines is 2. The third-order valence-electron chi connectivity index (χ3n) is 8.47. The molecule has 2 heterocycles. The van der Waals surface area contributed by atoms with Crippen LogP contribution in [0.4, 0.5) is 29.2 Å². The van der Waals surface area contributed by atoms with Crippen molar-refractivity contribution in [3.63, 3.8) is 0 Å². The maximum atomic E-state index is 15.2. The van der Waals surface area contributed by atoms with Crippen LogP contribution in [0.3, 0.4) is 0 Å². The minimum absolute atomic E-state index is 0.00710. The van der Waals surface area contributed by atoms with E-state index in [0.717, 1.165) is 42.8 Å². The van der Waals surface area contributed by atoms with Gasteiger partial charge in [0.15, 0.2) is 0 Å². The summed E-state index contributed by atoms with van der Waals surface area (Å²) in [6, 6.07) is 8.08. The summed E-state index contributed by atoms with van der Waals surface area (Å²) in [5.74, 6) is -2.79. The highest BCUT2D eigenvalue weighted by molar-refractivity contribution is 7.88. The number of fused-ring (bicyclic) bond motifs is 1. The van der Waals surface area contributed by atoms with Gasteiger partial charge in [0, 0.05) is 65.0 Å². The number of carbonyl (C=O) groups excluding carboxylic acids is 1. The molecule has 48 heavy (non-hydrogen) atoms. The number of rotatable bonds is 11. The molecule has 2 N–H and O–H groups in total. The molecule has 3 aromatic rings. The van der Waals surface area contributed by atoms with Crippen LogP contribution in [-0.4, -0.2) is 111 Å². The zero-order valence-electron chi connectivity index (χ0n) is 26.8. The molecule has 2 atom stereocenters. The normalized spacial score (nSPS) is 18.9. The Hall–Kier alpha value is -4.06. The number of benzene rings is 2. The maximum Gasteiger partial charge on any atom is 0.423 e. The molecule has 0 radical (unpaired) electrons. The Morgan fingerprint density at radius 2 is 1.85 bits per heavy atom. The average molecular weight is 696 g/mol. The van der Waals surface area contributed by atoms with Gasteiger partial charge in [-0.05, 0) is 24.2 Å². The van der Waals surface area contributed by atoms with Gasteiger partial charge in [-0.25, -0.2) is 17.8 Å². The third-order valence-corrected chi connectivity index (χ3v) is 9.75. The summed E-state index contributed by atoms with van der Waals surface area (Å²) in [6.45, 7) is 4.46. The largest absolute Gasteiger partial charge is 0.495 e. The number of amides is 1. The summed E-state index contributed by atoms with van der Waals surface area (Å²) in [6.07, 6.45) is -4.35. The van der Waals surface area contributed by atoms with Gasteiger partial charge in [-0.15, -0.1) is 0 Å². The standard InChI is InChI=1S/C31H37F4N7O5S/c1-40-11-13-42(14-12-40)10-9-36-28(43)21-16-25(46-3)24(17-23(21)32)38-30-37-18-22(31(33,34)35)29(39-30)47-26-15-19-7-5-6-8-20(19)27(26)41(2)48(4,44)45/h5-8,16-18,26-27H,9-15H2,1-4H3,(H,36,43)(H,37,38,39)/t26-,27-/m1/s1. The number of nitrogens with zero attached hydrogens (tertiary/aromatic N) is 5. The maximum absolute atomic E-state index is 15.2. The molecule has 0 saturated carbocycles. The molecule has 2 aliphatic rings. The first-order valence-electron chi connectivity index (χ1n) is 15.1. The zero-order chi connectivity index (χ0) is 34.8. The molecule has 1 fully saturated rings. The molecule has 260 valence electrons. The van der Waals surface area contributed by atoms with Gasteiger partial charge in [0.1, 0.15) is 23.2 Å². The average Bonchev–Trinajstić information content (AvgIpc) is 3.38. The number of likely N-dealkylation sites (N-methyl/N-ethyl adjacent to an activating group) is 2. The van der Waals surface area contributed by atoms with Crippen LogP contribution < -0.4 is 20.1 Å². The third kappa shape index (κ3) is 7.97. The topological polar surface area (TPSA) is 129 Å². The number of methoxy groups -OCH3 is 1. The zero-order valence-corrected chi connectivity index (χ0v) is 27.7. The lowest BCUT2D eigenvalue weighted by atomic mass is 10.1. The van der Waals surface area contributed by atoms with Gasteiger partial charge in [-0.3, -0.25) is 9.69 Å². The number of ether oxygens (including phenoxy) is 2. The fourth-order valence-corrected chi connectivity index (χ4v) is 6.40. The smallest absolute Gasteiger partial charge is 0.423 e. The van der Waals surface area contributed by atoms with Crippen LogP contribution >= 0.6 is 0 Å². The summed E-state index contributed by atoms with van der Waals surface area (Å²) >= 11 is 0. The van der Waals surface area contributed by atoms with Gasteiger partial charge < -0.3 is 25.0 Å². The number of hydrogen-bond donors (Lipinski definition) is 2. The minimum Gasteiger partial charge on any atom is -0.495 e. The van der Waals surface area contributed by atoms with Gasteiger partial charge in [0.05, 0.1) is 30.7 Å². The van der Waals surface area contributed by atoms with Crippen LogP contribution in [0.15, 0.2) is 42.6 Å². The molecule has 12 nitrogen and oxygen atoms in total. The van der Waals surface area contributed by atoms with E-state index in [4.69, 9.17) is 9.47 Å². The number of nitrogens with one attached hydrogen (secondary N) is 2. The van der Waals surface area contributed by atoms with Crippen LogP contribution in [0.25, 0.3) is 0 Å². The number of hydrogen-bond acceptors (Lipinski definition) is 10. The summed E-state index contributed by atoms with van der Waals surface area (Å²) in [7, 11) is 0.879. The highest BCUT2D eigenvalue weighted by atomic mass is 32.2. The number of alkyl halides is 3. The van der Waals surface area contributed by atoms with Gasteiger partial charge in [0.2, 0.25) is 21.9 Å². The van der Waals surface area contributed by atoms with E-state index in [1.807, 2.05) is 7.05 Å². The molecule has 5 rings (SSSR count). The van der Waals surface area contributed by atoms with Crippen molar-refractivity contribution in [2.75, 3.05) is 72.0 Å². The van der Waals surface area contributed by atoms with Crippen molar-refractivity contribution in [2.45, 2.75) is 24.7 Å². The van der Waals surface area contributed by atoms with Crippen LogP contribution in [0, 0.1) is 5.82 Å². The van der Waals surface area contributed by atoms with Gasteiger partial charge >= 0.3 is 6.18 Å². The molecule has 2 aromatic carbocycles. The summed E-state index contributed by atoms with van der Waals surface area (Å²) in [4.78, 5) is 25.0. The number of aromatic nitrogens is 2. The lowest BCUT2D eigenvalue weighted by Crippen LogP contribution is -2.46. The highest BCUT2D eigenvalue weighted by Gasteiger charge is 2.43. The summed E-state index contributed by atoms with van der Waals surface area (Å²) in [5, 5.41) is 5.37. The second-order valence-corrected chi connectivity index (χ2v) is 13.8. The number of sulfonamides is 1. The number of halogens is 4. The predicted molar refractivity (Wildman–Crippen MR) is 169 cm³/mol. The van der Waals surface area contributed by atoms with Crippen molar-refractivity contribution >= 4 is 27.6 Å². The van der Waals surface area contributed by atoms with E-state index >= 15 is 4.39 Å². The van der Waals surface area contributed by atoms with Crippen molar-refractivity contribution in [3.8, 4) is 11.6 Å². The van der Waals surface area contributed by atoms with Gasteiger partial charge in [-0.1, -0.05) is 24.3 Å². The van der Waals surface area contributed by atoms with Gasteiger partial charge in [-0.2, -0.15) is 22.5 Å². The SMILES string of the molecule is COc1cc(C(=O)NCCN2CCN(C)CC2)c(F)cc1Nc1ncc(C(F)(F)F)c(O[C@@H]2Cc3ccccc3[C@H]2N(C)S(C)(=O)=O)n1. The number of carbonyl (C=O) groups is 1. The Bertz CT molecular complexity index is 1750. The Morgan fingerprint density at radius 3 is 2.52 bits per heavy atom. The molecule has 1 aromatic heterocycles.